The fraction of sp³-hybridized carbons (Fsp3) is 0.207. The summed E-state index contributed by atoms with van der Waals surface area (Å²) in [5.41, 5.74) is 2.54. The van der Waals surface area contributed by atoms with E-state index in [-0.39, 0.29) is 10.6 Å². The molecule has 1 saturated heterocycles. The van der Waals surface area contributed by atoms with Gasteiger partial charge in [0.05, 0.1) is 30.0 Å². The number of nitrogens with one attached hydrogen (secondary N) is 3. The maximum Gasteiger partial charge on any atom is 0.261 e. The highest BCUT2D eigenvalue weighted by molar-refractivity contribution is 7.92. The smallest absolute Gasteiger partial charge is 0.261 e. The minimum atomic E-state index is -3.83. The minimum absolute atomic E-state index is 0.0754. The van der Waals surface area contributed by atoms with Crippen LogP contribution in [-0.4, -0.2) is 73.8 Å². The van der Waals surface area contributed by atoms with Gasteiger partial charge in [-0.05, 0) is 66.8 Å². The molecule has 0 spiro atoms. The fourth-order valence-electron chi connectivity index (χ4n) is 5.05. The standard InChI is InChI=1S/C29H28FN7O4S2/c1-40-24-15-22-23(16-25(24)41-2)34-27-26(22)28(32-17-31-27)36-11-13-37(14-12-36)29(42)33-19-7-9-21(10-8-19)43(38,39)35-20-5-3-18(30)4-6-20/h3-10,15-17,35H,11-14H2,1-2H3,(H,33,42)(H,31,32,34). The van der Waals surface area contributed by atoms with Crippen LogP contribution in [0.1, 0.15) is 0 Å². The van der Waals surface area contributed by atoms with Gasteiger partial charge in [-0.1, -0.05) is 0 Å². The van der Waals surface area contributed by atoms with Crippen LogP contribution in [0.5, 0.6) is 11.5 Å². The highest BCUT2D eigenvalue weighted by Crippen LogP contribution is 2.38. The summed E-state index contributed by atoms with van der Waals surface area (Å²) in [6.07, 6.45) is 1.55. The van der Waals surface area contributed by atoms with E-state index in [1.807, 2.05) is 12.1 Å². The second-order valence-corrected chi connectivity index (χ2v) is 11.9. The van der Waals surface area contributed by atoms with Crippen molar-refractivity contribution in [2.24, 2.45) is 0 Å². The summed E-state index contributed by atoms with van der Waals surface area (Å²) in [4.78, 5) is 16.8. The predicted molar refractivity (Wildman–Crippen MR) is 168 cm³/mol. The molecular formula is C29H28FN7O4S2. The van der Waals surface area contributed by atoms with Gasteiger partial charge in [-0.25, -0.2) is 22.8 Å². The zero-order valence-corrected chi connectivity index (χ0v) is 24.9. The summed E-state index contributed by atoms with van der Waals surface area (Å²) in [6, 6.07) is 15.2. The Bertz CT molecular complexity index is 1910. The maximum atomic E-state index is 13.1. The first-order chi connectivity index (χ1) is 20.8. The van der Waals surface area contributed by atoms with Crippen molar-refractivity contribution < 1.29 is 22.3 Å². The molecule has 3 N–H and O–H groups in total. The largest absolute Gasteiger partial charge is 0.493 e. The summed E-state index contributed by atoms with van der Waals surface area (Å²) in [6.45, 7) is 2.68. The van der Waals surface area contributed by atoms with Crippen LogP contribution in [0.4, 0.5) is 21.6 Å². The van der Waals surface area contributed by atoms with E-state index in [4.69, 9.17) is 21.7 Å². The van der Waals surface area contributed by atoms with Gasteiger partial charge >= 0.3 is 0 Å². The van der Waals surface area contributed by atoms with Gasteiger partial charge in [0, 0.05) is 49.0 Å². The van der Waals surface area contributed by atoms with E-state index in [2.05, 4.69) is 34.8 Å². The molecule has 0 aliphatic carbocycles. The van der Waals surface area contributed by atoms with Crippen LogP contribution in [0, 0.1) is 5.82 Å². The van der Waals surface area contributed by atoms with E-state index in [9.17, 15) is 12.8 Å². The van der Waals surface area contributed by atoms with Gasteiger partial charge in [0.2, 0.25) is 0 Å². The number of benzene rings is 3. The molecule has 5 aromatic rings. The van der Waals surface area contributed by atoms with Gasteiger partial charge < -0.3 is 29.6 Å². The Labute approximate surface area is 252 Å². The van der Waals surface area contributed by atoms with Crippen LogP contribution in [0.3, 0.4) is 0 Å². The van der Waals surface area contributed by atoms with Crippen molar-refractivity contribution in [3.05, 3.63) is 72.8 Å². The number of hydrogen-bond acceptors (Lipinski definition) is 8. The van der Waals surface area contributed by atoms with Crippen LogP contribution in [-0.2, 0) is 10.0 Å². The number of aromatic nitrogens is 3. The number of halogens is 1. The third-order valence-electron chi connectivity index (χ3n) is 7.25. The molecular weight excluding hydrogens is 593 g/mol. The van der Waals surface area contributed by atoms with E-state index < -0.39 is 15.8 Å². The first-order valence-corrected chi connectivity index (χ1v) is 15.2. The van der Waals surface area contributed by atoms with Crippen LogP contribution >= 0.6 is 12.2 Å². The normalized spacial score (nSPS) is 13.7. The van der Waals surface area contributed by atoms with Gasteiger partial charge in [0.1, 0.15) is 23.6 Å². The number of piperazine rings is 1. The van der Waals surface area contributed by atoms with E-state index >= 15 is 0 Å². The van der Waals surface area contributed by atoms with Gasteiger partial charge in [-0.15, -0.1) is 0 Å². The second kappa shape index (κ2) is 11.5. The van der Waals surface area contributed by atoms with Gasteiger partial charge in [0.15, 0.2) is 16.6 Å². The molecule has 0 radical (unpaired) electrons. The molecule has 0 unspecified atom stereocenters. The molecule has 0 saturated carbocycles. The Kier molecular flexibility index (Phi) is 7.62. The highest BCUT2D eigenvalue weighted by Gasteiger charge is 2.24. The number of hydrogen-bond donors (Lipinski definition) is 3. The number of aromatic amines is 1. The molecule has 0 atom stereocenters. The van der Waals surface area contributed by atoms with Crippen LogP contribution in [0.25, 0.3) is 21.9 Å². The lowest BCUT2D eigenvalue weighted by Crippen LogP contribution is -2.50. The van der Waals surface area contributed by atoms with Gasteiger partial charge in [0.25, 0.3) is 10.0 Å². The predicted octanol–water partition coefficient (Wildman–Crippen LogP) is 4.59. The average molecular weight is 622 g/mol. The fourth-order valence-corrected chi connectivity index (χ4v) is 6.41. The average Bonchev–Trinajstić information content (AvgIpc) is 3.39. The topological polar surface area (TPSA) is 125 Å². The summed E-state index contributed by atoms with van der Waals surface area (Å²) >= 11 is 5.67. The van der Waals surface area contributed by atoms with Crippen molar-refractivity contribution in [3.63, 3.8) is 0 Å². The Morgan fingerprint density at radius 2 is 1.58 bits per heavy atom. The van der Waals surface area contributed by atoms with Crippen molar-refractivity contribution in [2.45, 2.75) is 4.90 Å². The van der Waals surface area contributed by atoms with E-state index in [0.717, 1.165) is 27.8 Å². The molecule has 2 aromatic heterocycles. The molecule has 1 aliphatic rings. The van der Waals surface area contributed by atoms with Gasteiger partial charge in [-0.3, -0.25) is 4.72 Å². The van der Waals surface area contributed by atoms with Crippen LogP contribution < -0.4 is 24.4 Å². The number of methoxy groups -OCH3 is 2. The van der Waals surface area contributed by atoms with E-state index in [1.165, 1.54) is 36.4 Å². The zero-order chi connectivity index (χ0) is 30.1. The second-order valence-electron chi connectivity index (χ2n) is 9.84. The number of thiocarbonyl (C=S) groups is 1. The molecule has 1 fully saturated rings. The highest BCUT2D eigenvalue weighted by atomic mass is 32.2. The number of H-pyrrole nitrogens is 1. The number of ether oxygens (including phenoxy) is 2. The number of anilines is 3. The number of rotatable bonds is 7. The summed E-state index contributed by atoms with van der Waals surface area (Å²) in [7, 11) is -0.623. The molecule has 3 aromatic carbocycles. The maximum absolute atomic E-state index is 13.1. The van der Waals surface area contributed by atoms with Crippen molar-refractivity contribution >= 4 is 66.5 Å². The molecule has 14 heteroatoms. The first kappa shape index (κ1) is 28.4. The lowest BCUT2D eigenvalue weighted by atomic mass is 10.1. The monoisotopic (exact) mass is 621 g/mol. The summed E-state index contributed by atoms with van der Waals surface area (Å²) < 4.78 is 52.0. The first-order valence-electron chi connectivity index (χ1n) is 13.3. The summed E-state index contributed by atoms with van der Waals surface area (Å²) in [5.74, 6) is 1.64. The van der Waals surface area contributed by atoms with E-state index in [0.29, 0.717) is 48.5 Å². The Morgan fingerprint density at radius 1 is 0.930 bits per heavy atom. The van der Waals surface area contributed by atoms with Crippen molar-refractivity contribution in [1.82, 2.24) is 19.9 Å². The molecule has 0 bridgehead atoms. The molecule has 222 valence electrons. The Balaban J connectivity index is 1.12. The van der Waals surface area contributed by atoms with Crippen LogP contribution in [0.15, 0.2) is 71.9 Å². The molecule has 0 amide bonds. The van der Waals surface area contributed by atoms with Crippen LogP contribution in [0.2, 0.25) is 0 Å². The van der Waals surface area contributed by atoms with E-state index in [1.54, 1.807) is 32.7 Å². The van der Waals surface area contributed by atoms with Crippen molar-refractivity contribution in [2.75, 3.05) is 55.3 Å². The molecule has 43 heavy (non-hydrogen) atoms. The Morgan fingerprint density at radius 3 is 2.26 bits per heavy atom. The SMILES string of the molecule is COc1cc2[nH]c3ncnc(N4CCN(C(=S)Nc5ccc(S(=O)(=O)Nc6ccc(F)cc6)cc5)CC4)c3c2cc1OC. The quantitative estimate of drug-likeness (QED) is 0.222. The molecule has 3 heterocycles. The number of fused-ring (bicyclic) bond motifs is 3. The Hall–Kier alpha value is -4.69. The van der Waals surface area contributed by atoms with Crippen molar-refractivity contribution in [3.8, 4) is 11.5 Å². The van der Waals surface area contributed by atoms with Crippen molar-refractivity contribution in [1.29, 1.82) is 0 Å². The number of sulfonamides is 1. The number of nitrogens with zero attached hydrogens (tertiary/aromatic N) is 4. The summed E-state index contributed by atoms with van der Waals surface area (Å²) in [5, 5.41) is 5.60. The molecule has 6 rings (SSSR count). The lowest BCUT2D eigenvalue weighted by Gasteiger charge is -2.37. The minimum Gasteiger partial charge on any atom is -0.493 e. The lowest BCUT2D eigenvalue weighted by molar-refractivity contribution is 0.356. The molecule has 11 nitrogen and oxygen atoms in total. The third kappa shape index (κ3) is 5.70. The third-order valence-corrected chi connectivity index (χ3v) is 9.01. The molecule has 1 aliphatic heterocycles. The van der Waals surface area contributed by atoms with Gasteiger partial charge in [-0.2, -0.15) is 0 Å². The zero-order valence-electron chi connectivity index (χ0n) is 23.3.